The number of nitrogens with zero attached hydrogens (tertiary/aromatic N) is 1. The minimum absolute atomic E-state index is 0.0933. The molecule has 0 aliphatic heterocycles. The standard InChI is InChI=1S/C15H24N2O/c1-4-14(12-16-2)15(18)17(3)11-10-13-8-6-5-7-9-13/h5-9,14,16H,4,10-12H2,1-3H3. The summed E-state index contributed by atoms with van der Waals surface area (Å²) in [5.74, 6) is 0.332. The molecule has 0 radical (unpaired) electrons. The average Bonchev–Trinajstić information content (AvgIpc) is 2.42. The molecule has 1 amide bonds. The SMILES string of the molecule is CCC(CNC)C(=O)N(C)CCc1ccccc1. The third kappa shape index (κ3) is 4.49. The highest BCUT2D eigenvalue weighted by Crippen LogP contribution is 2.07. The molecule has 0 heterocycles. The van der Waals surface area contributed by atoms with Crippen LogP contribution in [-0.4, -0.2) is 38.0 Å². The van der Waals surface area contributed by atoms with E-state index in [2.05, 4.69) is 24.4 Å². The van der Waals surface area contributed by atoms with Crippen molar-refractivity contribution < 1.29 is 4.79 Å². The van der Waals surface area contributed by atoms with Crippen LogP contribution in [0.1, 0.15) is 18.9 Å². The van der Waals surface area contributed by atoms with E-state index in [1.54, 1.807) is 0 Å². The summed E-state index contributed by atoms with van der Waals surface area (Å²) >= 11 is 0. The monoisotopic (exact) mass is 248 g/mol. The molecule has 1 atom stereocenters. The number of nitrogens with one attached hydrogen (secondary N) is 1. The van der Waals surface area contributed by atoms with Crippen molar-refractivity contribution >= 4 is 5.91 Å². The van der Waals surface area contributed by atoms with E-state index < -0.39 is 0 Å². The average molecular weight is 248 g/mol. The Balaban J connectivity index is 2.44. The number of carbonyl (C=O) groups excluding carboxylic acids is 1. The summed E-state index contributed by atoms with van der Waals surface area (Å²) in [7, 11) is 3.78. The lowest BCUT2D eigenvalue weighted by Gasteiger charge is -2.23. The first-order chi connectivity index (χ1) is 8.69. The molecular formula is C15H24N2O. The minimum atomic E-state index is 0.0933. The lowest BCUT2D eigenvalue weighted by Crippen LogP contribution is -2.38. The number of likely N-dealkylation sites (N-methyl/N-ethyl adjacent to an activating group) is 1. The second-order valence-corrected chi connectivity index (χ2v) is 4.66. The number of carbonyl (C=O) groups is 1. The molecule has 1 rings (SSSR count). The fourth-order valence-corrected chi connectivity index (χ4v) is 2.02. The highest BCUT2D eigenvalue weighted by molar-refractivity contribution is 5.78. The predicted octanol–water partition coefficient (Wildman–Crippen LogP) is 1.93. The van der Waals surface area contributed by atoms with E-state index in [0.29, 0.717) is 0 Å². The zero-order valence-corrected chi connectivity index (χ0v) is 11.6. The van der Waals surface area contributed by atoms with Gasteiger partial charge in [-0.2, -0.15) is 0 Å². The molecule has 1 aromatic carbocycles. The van der Waals surface area contributed by atoms with E-state index in [-0.39, 0.29) is 11.8 Å². The van der Waals surface area contributed by atoms with Crippen LogP contribution in [0.3, 0.4) is 0 Å². The van der Waals surface area contributed by atoms with Gasteiger partial charge in [0.2, 0.25) is 5.91 Å². The summed E-state index contributed by atoms with van der Waals surface area (Å²) in [6, 6.07) is 10.3. The first kappa shape index (κ1) is 14.7. The van der Waals surface area contributed by atoms with Gasteiger partial charge in [0, 0.05) is 20.1 Å². The molecular weight excluding hydrogens is 224 g/mol. The summed E-state index contributed by atoms with van der Waals surface area (Å²) in [5, 5.41) is 3.08. The van der Waals surface area contributed by atoms with Crippen molar-refractivity contribution in [3.63, 3.8) is 0 Å². The van der Waals surface area contributed by atoms with Crippen LogP contribution in [0.5, 0.6) is 0 Å². The molecule has 0 saturated carbocycles. The van der Waals surface area contributed by atoms with Crippen molar-refractivity contribution in [3.8, 4) is 0 Å². The Kier molecular flexibility index (Phi) is 6.44. The third-order valence-corrected chi connectivity index (χ3v) is 3.25. The van der Waals surface area contributed by atoms with E-state index in [0.717, 1.165) is 25.9 Å². The fraction of sp³-hybridized carbons (Fsp3) is 0.533. The van der Waals surface area contributed by atoms with Crippen LogP contribution in [0.4, 0.5) is 0 Å². The Bertz CT molecular complexity index is 351. The topological polar surface area (TPSA) is 32.3 Å². The lowest BCUT2D eigenvalue weighted by molar-refractivity contribution is -0.134. The van der Waals surface area contributed by atoms with Gasteiger partial charge >= 0.3 is 0 Å². The van der Waals surface area contributed by atoms with E-state index in [1.807, 2.05) is 37.2 Å². The fourth-order valence-electron chi connectivity index (χ4n) is 2.02. The van der Waals surface area contributed by atoms with Gasteiger partial charge in [0.1, 0.15) is 0 Å². The molecule has 100 valence electrons. The van der Waals surface area contributed by atoms with E-state index >= 15 is 0 Å². The van der Waals surface area contributed by atoms with Gasteiger partial charge in [0.05, 0.1) is 5.92 Å². The summed E-state index contributed by atoms with van der Waals surface area (Å²) in [6.45, 7) is 3.60. The van der Waals surface area contributed by atoms with Crippen LogP contribution in [-0.2, 0) is 11.2 Å². The lowest BCUT2D eigenvalue weighted by atomic mass is 10.0. The van der Waals surface area contributed by atoms with E-state index in [1.165, 1.54) is 5.56 Å². The number of benzene rings is 1. The summed E-state index contributed by atoms with van der Waals surface area (Å²) in [6.07, 6.45) is 1.80. The number of hydrogen-bond donors (Lipinski definition) is 1. The van der Waals surface area contributed by atoms with Gasteiger partial charge in [0.25, 0.3) is 0 Å². The van der Waals surface area contributed by atoms with Crippen molar-refractivity contribution in [1.29, 1.82) is 0 Å². The maximum atomic E-state index is 12.2. The molecule has 0 spiro atoms. The maximum absolute atomic E-state index is 12.2. The third-order valence-electron chi connectivity index (χ3n) is 3.25. The summed E-state index contributed by atoms with van der Waals surface area (Å²) in [5.41, 5.74) is 1.28. The van der Waals surface area contributed by atoms with Gasteiger partial charge in [-0.05, 0) is 25.5 Å². The second-order valence-electron chi connectivity index (χ2n) is 4.66. The molecule has 0 saturated heterocycles. The Hall–Kier alpha value is -1.35. The van der Waals surface area contributed by atoms with Crippen molar-refractivity contribution in [2.75, 3.05) is 27.2 Å². The van der Waals surface area contributed by atoms with Crippen LogP contribution in [0.25, 0.3) is 0 Å². The summed E-state index contributed by atoms with van der Waals surface area (Å²) in [4.78, 5) is 14.0. The smallest absolute Gasteiger partial charge is 0.226 e. The van der Waals surface area contributed by atoms with Crippen LogP contribution < -0.4 is 5.32 Å². The molecule has 18 heavy (non-hydrogen) atoms. The van der Waals surface area contributed by atoms with Crippen molar-refractivity contribution in [2.24, 2.45) is 5.92 Å². The Morgan fingerprint density at radius 3 is 2.56 bits per heavy atom. The van der Waals surface area contributed by atoms with Gasteiger partial charge in [-0.3, -0.25) is 4.79 Å². The summed E-state index contributed by atoms with van der Waals surface area (Å²) < 4.78 is 0. The van der Waals surface area contributed by atoms with Crippen LogP contribution in [0, 0.1) is 5.92 Å². The first-order valence-electron chi connectivity index (χ1n) is 6.62. The predicted molar refractivity (Wildman–Crippen MR) is 75.5 cm³/mol. The maximum Gasteiger partial charge on any atom is 0.226 e. The van der Waals surface area contributed by atoms with Crippen molar-refractivity contribution in [1.82, 2.24) is 10.2 Å². The molecule has 3 heteroatoms. The largest absolute Gasteiger partial charge is 0.345 e. The number of hydrogen-bond acceptors (Lipinski definition) is 2. The molecule has 0 fully saturated rings. The quantitative estimate of drug-likeness (QED) is 0.799. The minimum Gasteiger partial charge on any atom is -0.345 e. The van der Waals surface area contributed by atoms with Crippen molar-refractivity contribution in [3.05, 3.63) is 35.9 Å². The molecule has 0 aliphatic carbocycles. The molecule has 1 aromatic rings. The number of amides is 1. The Morgan fingerprint density at radius 1 is 1.33 bits per heavy atom. The zero-order valence-electron chi connectivity index (χ0n) is 11.6. The van der Waals surface area contributed by atoms with Gasteiger partial charge < -0.3 is 10.2 Å². The highest BCUT2D eigenvalue weighted by Gasteiger charge is 2.19. The van der Waals surface area contributed by atoms with Crippen LogP contribution in [0.15, 0.2) is 30.3 Å². The highest BCUT2D eigenvalue weighted by atomic mass is 16.2. The van der Waals surface area contributed by atoms with E-state index in [9.17, 15) is 4.79 Å². The van der Waals surface area contributed by atoms with Gasteiger partial charge in [-0.15, -0.1) is 0 Å². The normalized spacial score (nSPS) is 12.2. The van der Waals surface area contributed by atoms with E-state index in [4.69, 9.17) is 0 Å². The van der Waals surface area contributed by atoms with Gasteiger partial charge in [-0.1, -0.05) is 37.3 Å². The number of rotatable bonds is 7. The molecule has 1 N–H and O–H groups in total. The molecule has 0 aliphatic rings. The molecule has 0 bridgehead atoms. The second kappa shape index (κ2) is 7.88. The first-order valence-corrected chi connectivity index (χ1v) is 6.62. The van der Waals surface area contributed by atoms with Crippen LogP contribution >= 0.6 is 0 Å². The van der Waals surface area contributed by atoms with Gasteiger partial charge in [0.15, 0.2) is 0 Å². The van der Waals surface area contributed by atoms with Gasteiger partial charge in [-0.25, -0.2) is 0 Å². The Morgan fingerprint density at radius 2 is 2.00 bits per heavy atom. The van der Waals surface area contributed by atoms with Crippen molar-refractivity contribution in [2.45, 2.75) is 19.8 Å². The van der Waals surface area contributed by atoms with Crippen LogP contribution in [0.2, 0.25) is 0 Å². The molecule has 3 nitrogen and oxygen atoms in total. The molecule has 1 unspecified atom stereocenters. The Labute approximate surface area is 110 Å². The molecule has 0 aromatic heterocycles. The zero-order chi connectivity index (χ0) is 13.4.